The molecule has 0 spiro atoms. The maximum Gasteiger partial charge on any atom is 0.573 e. The van der Waals surface area contributed by atoms with Crippen molar-refractivity contribution in [2.45, 2.75) is 13.3 Å². The van der Waals surface area contributed by atoms with Crippen LogP contribution >= 0.6 is 0 Å². The van der Waals surface area contributed by atoms with Crippen LogP contribution in [0.2, 0.25) is 0 Å². The van der Waals surface area contributed by atoms with Gasteiger partial charge < -0.3 is 9.84 Å². The maximum atomic E-state index is 13.2. The molecule has 0 amide bonds. The predicted molar refractivity (Wildman–Crippen MR) is 64.9 cm³/mol. The van der Waals surface area contributed by atoms with Crippen molar-refractivity contribution in [2.75, 3.05) is 0 Å². The third kappa shape index (κ3) is 3.40. The Balaban J connectivity index is 2.43. The molecule has 0 saturated carbocycles. The van der Waals surface area contributed by atoms with Crippen LogP contribution in [0.5, 0.6) is 11.5 Å². The third-order valence-corrected chi connectivity index (χ3v) is 2.62. The smallest absolute Gasteiger partial charge is 0.508 e. The molecule has 2 nitrogen and oxygen atoms in total. The summed E-state index contributed by atoms with van der Waals surface area (Å²) in [5.41, 5.74) is 1.13. The minimum absolute atomic E-state index is 0.298. The van der Waals surface area contributed by atoms with Crippen LogP contribution in [-0.4, -0.2) is 11.5 Å². The van der Waals surface area contributed by atoms with E-state index in [1.54, 1.807) is 0 Å². The second kappa shape index (κ2) is 5.03. The molecular formula is C14H10F4O2. The summed E-state index contributed by atoms with van der Waals surface area (Å²) in [5, 5.41) is 9.45. The Morgan fingerprint density at radius 1 is 1.00 bits per heavy atom. The minimum atomic E-state index is -4.84. The number of phenols is 1. The lowest BCUT2D eigenvalue weighted by Crippen LogP contribution is -2.17. The zero-order valence-electron chi connectivity index (χ0n) is 10.3. The first-order chi connectivity index (χ1) is 9.24. The highest BCUT2D eigenvalue weighted by molar-refractivity contribution is 5.67. The molecule has 20 heavy (non-hydrogen) atoms. The van der Waals surface area contributed by atoms with E-state index in [0.717, 1.165) is 12.1 Å². The number of benzene rings is 2. The molecular weight excluding hydrogens is 276 g/mol. The van der Waals surface area contributed by atoms with E-state index in [2.05, 4.69) is 4.74 Å². The average Bonchev–Trinajstić information content (AvgIpc) is 2.29. The summed E-state index contributed by atoms with van der Waals surface area (Å²) < 4.78 is 53.4. The molecule has 0 aliphatic carbocycles. The Labute approximate surface area is 112 Å². The Morgan fingerprint density at radius 2 is 1.70 bits per heavy atom. The van der Waals surface area contributed by atoms with Crippen molar-refractivity contribution in [3.63, 3.8) is 0 Å². The van der Waals surface area contributed by atoms with Crippen LogP contribution < -0.4 is 4.74 Å². The normalized spacial score (nSPS) is 11.4. The second-order valence-corrected chi connectivity index (χ2v) is 4.23. The van der Waals surface area contributed by atoms with Crippen molar-refractivity contribution >= 4 is 0 Å². The molecule has 0 unspecified atom stereocenters. The van der Waals surface area contributed by atoms with Gasteiger partial charge in [-0.1, -0.05) is 6.07 Å². The zero-order valence-corrected chi connectivity index (χ0v) is 10.3. The molecule has 0 bridgehead atoms. The molecule has 2 aromatic carbocycles. The summed E-state index contributed by atoms with van der Waals surface area (Å²) >= 11 is 0. The van der Waals surface area contributed by atoms with Crippen molar-refractivity contribution in [1.82, 2.24) is 0 Å². The lowest BCUT2D eigenvalue weighted by Gasteiger charge is -2.11. The van der Waals surface area contributed by atoms with Crippen LogP contribution in [-0.2, 0) is 0 Å². The van der Waals surface area contributed by atoms with Gasteiger partial charge in [0.05, 0.1) is 0 Å². The van der Waals surface area contributed by atoms with Gasteiger partial charge in [-0.3, -0.25) is 0 Å². The highest BCUT2D eigenvalue weighted by Gasteiger charge is 2.31. The topological polar surface area (TPSA) is 29.5 Å². The summed E-state index contributed by atoms with van der Waals surface area (Å²) in [6, 6.07) is 7.35. The Hall–Kier alpha value is -2.24. The number of rotatable bonds is 2. The fourth-order valence-electron chi connectivity index (χ4n) is 1.77. The molecule has 1 N–H and O–H groups in total. The fourth-order valence-corrected chi connectivity index (χ4v) is 1.77. The van der Waals surface area contributed by atoms with Crippen LogP contribution in [0.4, 0.5) is 17.6 Å². The van der Waals surface area contributed by atoms with Gasteiger partial charge in [0, 0.05) is 6.07 Å². The predicted octanol–water partition coefficient (Wildman–Crippen LogP) is 4.41. The zero-order chi connectivity index (χ0) is 14.9. The van der Waals surface area contributed by atoms with Crippen molar-refractivity contribution in [2.24, 2.45) is 0 Å². The van der Waals surface area contributed by atoms with E-state index in [1.165, 1.54) is 31.2 Å². The van der Waals surface area contributed by atoms with E-state index in [1.807, 2.05) is 0 Å². The number of phenolic OH excluding ortho intramolecular Hbond substituents is 1. The molecule has 0 radical (unpaired) electrons. The highest BCUT2D eigenvalue weighted by Crippen LogP contribution is 2.32. The van der Waals surface area contributed by atoms with Crippen LogP contribution in [0.15, 0.2) is 36.4 Å². The molecule has 2 aromatic rings. The van der Waals surface area contributed by atoms with E-state index >= 15 is 0 Å². The molecule has 0 aliphatic rings. The first-order valence-corrected chi connectivity index (χ1v) is 5.61. The van der Waals surface area contributed by atoms with Gasteiger partial charge in [-0.15, -0.1) is 13.2 Å². The Kier molecular flexibility index (Phi) is 3.57. The molecule has 6 heteroatoms. The van der Waals surface area contributed by atoms with E-state index in [0.29, 0.717) is 16.7 Å². The highest BCUT2D eigenvalue weighted by atomic mass is 19.4. The fraction of sp³-hybridized carbons (Fsp3) is 0.143. The molecule has 0 aromatic heterocycles. The number of hydrogen-bond donors (Lipinski definition) is 1. The third-order valence-electron chi connectivity index (χ3n) is 2.62. The molecule has 0 fully saturated rings. The standard InChI is InChI=1S/C14H10F4O2/c1-8-4-9(2-3-13(8)15)10-5-11(19)7-12(6-10)20-14(16,17)18/h2-7,19H,1H3. The van der Waals surface area contributed by atoms with Crippen LogP contribution in [0.1, 0.15) is 5.56 Å². The van der Waals surface area contributed by atoms with Gasteiger partial charge in [0.2, 0.25) is 0 Å². The lowest BCUT2D eigenvalue weighted by molar-refractivity contribution is -0.274. The van der Waals surface area contributed by atoms with Gasteiger partial charge >= 0.3 is 6.36 Å². The Morgan fingerprint density at radius 3 is 2.30 bits per heavy atom. The lowest BCUT2D eigenvalue weighted by atomic mass is 10.0. The van der Waals surface area contributed by atoms with Gasteiger partial charge in [-0.2, -0.15) is 0 Å². The van der Waals surface area contributed by atoms with Crippen LogP contribution in [0.3, 0.4) is 0 Å². The van der Waals surface area contributed by atoms with Crippen LogP contribution in [0.25, 0.3) is 11.1 Å². The number of aromatic hydroxyl groups is 1. The molecule has 0 atom stereocenters. The van der Waals surface area contributed by atoms with Crippen molar-refractivity contribution < 1.29 is 27.4 Å². The van der Waals surface area contributed by atoms with E-state index in [4.69, 9.17) is 0 Å². The van der Waals surface area contributed by atoms with E-state index in [9.17, 15) is 22.7 Å². The number of ether oxygens (including phenoxy) is 1. The average molecular weight is 286 g/mol. The summed E-state index contributed by atoms with van der Waals surface area (Å²) in [7, 11) is 0. The number of aryl methyl sites for hydroxylation is 1. The second-order valence-electron chi connectivity index (χ2n) is 4.23. The van der Waals surface area contributed by atoms with Gasteiger partial charge in [-0.25, -0.2) is 4.39 Å². The first kappa shape index (κ1) is 14.2. The van der Waals surface area contributed by atoms with E-state index < -0.39 is 17.9 Å². The SMILES string of the molecule is Cc1cc(-c2cc(O)cc(OC(F)(F)F)c2)ccc1F. The maximum absolute atomic E-state index is 13.2. The van der Waals surface area contributed by atoms with Crippen molar-refractivity contribution in [1.29, 1.82) is 0 Å². The summed E-state index contributed by atoms with van der Waals surface area (Å²) in [4.78, 5) is 0. The van der Waals surface area contributed by atoms with Crippen molar-refractivity contribution in [3.8, 4) is 22.6 Å². The monoisotopic (exact) mass is 286 g/mol. The van der Waals surface area contributed by atoms with Gasteiger partial charge in [0.1, 0.15) is 17.3 Å². The first-order valence-electron chi connectivity index (χ1n) is 5.61. The number of hydrogen-bond acceptors (Lipinski definition) is 2. The Bertz CT molecular complexity index is 636. The minimum Gasteiger partial charge on any atom is -0.508 e. The van der Waals surface area contributed by atoms with E-state index in [-0.39, 0.29) is 5.75 Å². The molecule has 0 saturated heterocycles. The largest absolute Gasteiger partial charge is 0.573 e. The summed E-state index contributed by atoms with van der Waals surface area (Å²) in [5.74, 6) is -1.32. The summed E-state index contributed by atoms with van der Waals surface area (Å²) in [6.07, 6.45) is -4.84. The van der Waals surface area contributed by atoms with Crippen LogP contribution in [0, 0.1) is 12.7 Å². The van der Waals surface area contributed by atoms with Gasteiger partial charge in [0.25, 0.3) is 0 Å². The molecule has 0 aliphatic heterocycles. The van der Waals surface area contributed by atoms with Crippen molar-refractivity contribution in [3.05, 3.63) is 47.8 Å². The van der Waals surface area contributed by atoms with Gasteiger partial charge in [-0.05, 0) is 47.9 Å². The van der Waals surface area contributed by atoms with Gasteiger partial charge in [0.15, 0.2) is 0 Å². The summed E-state index contributed by atoms with van der Waals surface area (Å²) in [6.45, 7) is 1.54. The molecule has 2 rings (SSSR count). The number of alkyl halides is 3. The molecule has 106 valence electrons. The number of halogens is 4. The quantitative estimate of drug-likeness (QED) is 0.829. The molecule has 0 heterocycles.